The van der Waals surface area contributed by atoms with Crippen LogP contribution in [0.5, 0.6) is 0 Å². The monoisotopic (exact) mass is 238 g/mol. The van der Waals surface area contributed by atoms with Gasteiger partial charge in [-0.2, -0.15) is 0 Å². The van der Waals surface area contributed by atoms with Gasteiger partial charge in [0.2, 0.25) is 5.91 Å². The van der Waals surface area contributed by atoms with Crippen LogP contribution in [0.3, 0.4) is 0 Å². The maximum absolute atomic E-state index is 12.0. The lowest BCUT2D eigenvalue weighted by Crippen LogP contribution is -2.44. The SMILES string of the molecule is CCCC1CCC(=O)N(CCC2CNC2)CC1. The van der Waals surface area contributed by atoms with E-state index < -0.39 is 0 Å². The second-order valence-corrected chi connectivity index (χ2v) is 5.68. The van der Waals surface area contributed by atoms with E-state index >= 15 is 0 Å². The second-order valence-electron chi connectivity index (χ2n) is 5.68. The van der Waals surface area contributed by atoms with Crippen molar-refractivity contribution in [3.63, 3.8) is 0 Å². The van der Waals surface area contributed by atoms with Crippen LogP contribution in [0, 0.1) is 11.8 Å². The molecule has 0 aromatic heterocycles. The van der Waals surface area contributed by atoms with Crippen molar-refractivity contribution in [1.82, 2.24) is 10.2 Å². The van der Waals surface area contributed by atoms with Crippen LogP contribution in [0.15, 0.2) is 0 Å². The first-order valence-electron chi connectivity index (χ1n) is 7.28. The van der Waals surface area contributed by atoms with Crippen LogP contribution in [0.1, 0.15) is 45.4 Å². The van der Waals surface area contributed by atoms with Crippen LogP contribution in [0.2, 0.25) is 0 Å². The summed E-state index contributed by atoms with van der Waals surface area (Å²) in [5.41, 5.74) is 0. The lowest BCUT2D eigenvalue weighted by molar-refractivity contribution is -0.130. The van der Waals surface area contributed by atoms with Crippen LogP contribution in [0.4, 0.5) is 0 Å². The highest BCUT2D eigenvalue weighted by molar-refractivity contribution is 5.76. The van der Waals surface area contributed by atoms with Crippen molar-refractivity contribution in [1.29, 1.82) is 0 Å². The highest BCUT2D eigenvalue weighted by Gasteiger charge is 2.23. The third-order valence-corrected chi connectivity index (χ3v) is 4.30. The van der Waals surface area contributed by atoms with Gasteiger partial charge >= 0.3 is 0 Å². The van der Waals surface area contributed by atoms with Gasteiger partial charge in [-0.3, -0.25) is 4.79 Å². The Morgan fingerprint density at radius 1 is 1.24 bits per heavy atom. The molecule has 1 atom stereocenters. The fourth-order valence-corrected chi connectivity index (χ4v) is 2.92. The number of carbonyl (C=O) groups excluding carboxylic acids is 1. The minimum atomic E-state index is 0.399. The van der Waals surface area contributed by atoms with Gasteiger partial charge in [-0.1, -0.05) is 19.8 Å². The topological polar surface area (TPSA) is 32.3 Å². The van der Waals surface area contributed by atoms with E-state index in [1.165, 1.54) is 25.7 Å². The molecule has 0 aliphatic carbocycles. The number of hydrogen-bond donors (Lipinski definition) is 1. The lowest BCUT2D eigenvalue weighted by atomic mass is 9.96. The Morgan fingerprint density at radius 2 is 2.06 bits per heavy atom. The van der Waals surface area contributed by atoms with E-state index in [0.29, 0.717) is 5.91 Å². The van der Waals surface area contributed by atoms with Gasteiger partial charge in [0.25, 0.3) is 0 Å². The molecule has 1 amide bonds. The molecule has 2 saturated heterocycles. The third kappa shape index (κ3) is 3.70. The average Bonchev–Trinajstić information content (AvgIpc) is 2.42. The summed E-state index contributed by atoms with van der Waals surface area (Å²) in [6.45, 7) is 6.54. The fourth-order valence-electron chi connectivity index (χ4n) is 2.92. The van der Waals surface area contributed by atoms with Gasteiger partial charge in [0, 0.05) is 19.5 Å². The summed E-state index contributed by atoms with van der Waals surface area (Å²) < 4.78 is 0. The fraction of sp³-hybridized carbons (Fsp3) is 0.929. The largest absolute Gasteiger partial charge is 0.343 e. The minimum Gasteiger partial charge on any atom is -0.343 e. The van der Waals surface area contributed by atoms with Crippen LogP contribution in [0.25, 0.3) is 0 Å². The summed E-state index contributed by atoms with van der Waals surface area (Å²) in [5, 5.41) is 3.29. The van der Waals surface area contributed by atoms with E-state index in [2.05, 4.69) is 17.1 Å². The summed E-state index contributed by atoms with van der Waals surface area (Å²) >= 11 is 0. The standard InChI is InChI=1S/C14H26N2O/c1-2-3-12-4-5-14(17)16(8-6-12)9-7-13-10-15-11-13/h12-13,15H,2-11H2,1H3. The highest BCUT2D eigenvalue weighted by Crippen LogP contribution is 2.23. The first-order chi connectivity index (χ1) is 8.29. The number of rotatable bonds is 5. The minimum absolute atomic E-state index is 0.399. The number of nitrogens with one attached hydrogen (secondary N) is 1. The molecule has 0 bridgehead atoms. The molecule has 2 aliphatic heterocycles. The molecule has 1 unspecified atom stereocenters. The van der Waals surface area contributed by atoms with Gasteiger partial charge in [-0.05, 0) is 44.2 Å². The summed E-state index contributed by atoms with van der Waals surface area (Å²) in [7, 11) is 0. The Balaban J connectivity index is 1.74. The molecule has 0 aromatic carbocycles. The molecule has 2 rings (SSSR count). The van der Waals surface area contributed by atoms with Crippen LogP contribution < -0.4 is 5.32 Å². The predicted octanol–water partition coefficient (Wildman–Crippen LogP) is 2.02. The van der Waals surface area contributed by atoms with Gasteiger partial charge in [-0.25, -0.2) is 0 Å². The molecule has 1 N–H and O–H groups in total. The number of carbonyl (C=O) groups is 1. The Hall–Kier alpha value is -0.570. The number of hydrogen-bond acceptors (Lipinski definition) is 2. The van der Waals surface area contributed by atoms with Crippen LogP contribution in [-0.4, -0.2) is 37.0 Å². The second kappa shape index (κ2) is 6.39. The maximum atomic E-state index is 12.0. The first kappa shape index (κ1) is 12.9. The summed E-state index contributed by atoms with van der Waals surface area (Å²) in [5.74, 6) is 2.01. The lowest BCUT2D eigenvalue weighted by Gasteiger charge is -2.30. The van der Waals surface area contributed by atoms with Gasteiger partial charge in [0.1, 0.15) is 0 Å². The molecule has 0 aromatic rings. The zero-order valence-electron chi connectivity index (χ0n) is 11.1. The van der Waals surface area contributed by atoms with Crippen molar-refractivity contribution in [2.45, 2.75) is 45.4 Å². The van der Waals surface area contributed by atoms with Crippen molar-refractivity contribution < 1.29 is 4.79 Å². The summed E-state index contributed by atoms with van der Waals surface area (Å²) in [4.78, 5) is 14.1. The van der Waals surface area contributed by atoms with Gasteiger partial charge in [0.05, 0.1) is 0 Å². The quantitative estimate of drug-likeness (QED) is 0.795. The molecule has 17 heavy (non-hydrogen) atoms. The maximum Gasteiger partial charge on any atom is 0.222 e. The molecular weight excluding hydrogens is 212 g/mol. The van der Waals surface area contributed by atoms with Crippen molar-refractivity contribution in [3.05, 3.63) is 0 Å². The molecule has 2 fully saturated rings. The number of likely N-dealkylation sites (tertiary alicyclic amines) is 1. The van der Waals surface area contributed by atoms with E-state index in [9.17, 15) is 4.79 Å². The highest BCUT2D eigenvalue weighted by atomic mass is 16.2. The number of amides is 1. The molecule has 2 aliphatic rings. The van der Waals surface area contributed by atoms with Crippen molar-refractivity contribution in [3.8, 4) is 0 Å². The molecule has 3 nitrogen and oxygen atoms in total. The van der Waals surface area contributed by atoms with Gasteiger partial charge < -0.3 is 10.2 Å². The molecule has 0 spiro atoms. The molecule has 0 radical (unpaired) electrons. The van der Waals surface area contributed by atoms with E-state index in [-0.39, 0.29) is 0 Å². The molecular formula is C14H26N2O. The Morgan fingerprint density at radius 3 is 2.71 bits per heavy atom. The van der Waals surface area contributed by atoms with Crippen LogP contribution in [-0.2, 0) is 4.79 Å². The van der Waals surface area contributed by atoms with E-state index in [1.54, 1.807) is 0 Å². The van der Waals surface area contributed by atoms with Crippen molar-refractivity contribution in [2.24, 2.45) is 11.8 Å². The summed E-state index contributed by atoms with van der Waals surface area (Å²) in [6, 6.07) is 0. The first-order valence-corrected chi connectivity index (χ1v) is 7.28. The Bertz CT molecular complexity index is 251. The zero-order valence-corrected chi connectivity index (χ0v) is 11.1. The van der Waals surface area contributed by atoms with Crippen molar-refractivity contribution in [2.75, 3.05) is 26.2 Å². The predicted molar refractivity (Wildman–Crippen MR) is 69.8 cm³/mol. The van der Waals surface area contributed by atoms with E-state index in [0.717, 1.165) is 50.9 Å². The Labute approximate surface area is 105 Å². The molecule has 98 valence electrons. The third-order valence-electron chi connectivity index (χ3n) is 4.30. The van der Waals surface area contributed by atoms with Gasteiger partial charge in [-0.15, -0.1) is 0 Å². The molecule has 2 heterocycles. The average molecular weight is 238 g/mol. The summed E-state index contributed by atoms with van der Waals surface area (Å²) in [6.07, 6.45) is 6.88. The normalized spacial score (nSPS) is 26.8. The zero-order chi connectivity index (χ0) is 12.1. The van der Waals surface area contributed by atoms with Crippen LogP contribution >= 0.6 is 0 Å². The molecule has 3 heteroatoms. The smallest absolute Gasteiger partial charge is 0.222 e. The van der Waals surface area contributed by atoms with Gasteiger partial charge in [0.15, 0.2) is 0 Å². The molecule has 0 saturated carbocycles. The van der Waals surface area contributed by atoms with E-state index in [4.69, 9.17) is 0 Å². The van der Waals surface area contributed by atoms with Crippen molar-refractivity contribution >= 4 is 5.91 Å². The van der Waals surface area contributed by atoms with E-state index in [1.807, 2.05) is 0 Å². The Kier molecular flexibility index (Phi) is 4.84. The number of nitrogens with zero attached hydrogens (tertiary/aromatic N) is 1.